The Morgan fingerprint density at radius 1 is 0.956 bits per heavy atom. The predicted octanol–water partition coefficient (Wildman–Crippen LogP) is 10.9. The Morgan fingerprint density at radius 2 is 1.73 bits per heavy atom. The molecule has 4 aliphatic carbocycles. The fourth-order valence-electron chi connectivity index (χ4n) is 10.0. The van der Waals surface area contributed by atoms with Crippen molar-refractivity contribution in [3.63, 3.8) is 0 Å². The molecule has 1 unspecified atom stereocenters. The van der Waals surface area contributed by atoms with Crippen molar-refractivity contribution in [3.05, 3.63) is 65.7 Å². The van der Waals surface area contributed by atoms with E-state index in [1.165, 1.54) is 57.8 Å². The van der Waals surface area contributed by atoms with Crippen molar-refractivity contribution >= 4 is 23.3 Å². The zero-order valence-electron chi connectivity index (χ0n) is 28.4. The molecule has 0 amide bonds. The third-order valence-corrected chi connectivity index (χ3v) is 12.5. The molecule has 0 saturated heterocycles. The summed E-state index contributed by atoms with van der Waals surface area (Å²) in [6.45, 7) is 12.6. The van der Waals surface area contributed by atoms with E-state index >= 15 is 0 Å². The minimum absolute atomic E-state index is 0.0766. The number of anilines is 1. The zero-order valence-corrected chi connectivity index (χ0v) is 28.4. The number of carbonyl (C=O) groups is 1. The van der Waals surface area contributed by atoms with E-state index in [1.54, 1.807) is 23.8 Å². The van der Waals surface area contributed by atoms with Gasteiger partial charge in [0.15, 0.2) is 6.29 Å². The van der Waals surface area contributed by atoms with Crippen LogP contribution in [0.3, 0.4) is 0 Å². The monoisotopic (exact) mass is 611 g/mol. The minimum Gasteiger partial charge on any atom is -0.399 e. The van der Waals surface area contributed by atoms with Gasteiger partial charge in [-0.25, -0.2) is 0 Å². The molecule has 0 spiro atoms. The summed E-state index contributed by atoms with van der Waals surface area (Å²) in [4.78, 5) is 10.8. The quantitative estimate of drug-likeness (QED) is 0.135. The third kappa shape index (κ3) is 7.29. The number of fused-ring (bicyclic) bond motifs is 5. The van der Waals surface area contributed by atoms with Crippen molar-refractivity contribution in [3.8, 4) is 0 Å². The maximum absolute atomic E-state index is 10.8. The number of benzene rings is 2. The minimum atomic E-state index is -0.0766. The largest absolute Gasteiger partial charge is 0.399 e. The molecular weight excluding hydrogens is 554 g/mol. The van der Waals surface area contributed by atoms with Crippen molar-refractivity contribution in [2.24, 2.45) is 56.6 Å². The standard InChI is InChI=1S/C27H46O.C13H11N3O/c1-18(2)7-6-8-19(3)23-11-12-24-22-10-9-20-17-21(28)13-15-26(20,4)25(22)14-16-27(23,24)5;14-11-6-7-13(10(8-11)9-17)16-15-12-4-2-1-3-5-12/h9,18-19,21-25,28H,6-8,10-17H2,1-5H3;1-9H,14H2/t19?,21-,22-,23+,24-,25-,26-,27+;/m0./s1. The predicted molar refractivity (Wildman–Crippen MR) is 186 cm³/mol. The average molecular weight is 612 g/mol. The number of aliphatic hydroxyl groups excluding tert-OH is 1. The van der Waals surface area contributed by atoms with Gasteiger partial charge in [0.2, 0.25) is 0 Å². The van der Waals surface area contributed by atoms with Crippen molar-refractivity contribution in [2.75, 3.05) is 5.73 Å². The smallest absolute Gasteiger partial charge is 0.152 e. The molecule has 0 aliphatic heterocycles. The first kappa shape index (κ1) is 33.6. The second kappa shape index (κ2) is 14.3. The van der Waals surface area contributed by atoms with Gasteiger partial charge in [-0.2, -0.15) is 5.11 Å². The molecule has 3 fully saturated rings. The third-order valence-electron chi connectivity index (χ3n) is 12.5. The number of nitrogens with two attached hydrogens (primary N) is 1. The first-order valence-corrected chi connectivity index (χ1v) is 17.7. The van der Waals surface area contributed by atoms with E-state index in [2.05, 4.69) is 50.9 Å². The molecule has 8 atom stereocenters. The molecule has 3 N–H and O–H groups in total. The Bertz CT molecular complexity index is 1350. The molecule has 0 heterocycles. The number of azo groups is 1. The van der Waals surface area contributed by atoms with Gasteiger partial charge in [0.1, 0.15) is 0 Å². The number of allylic oxidation sites excluding steroid dienone is 1. The van der Waals surface area contributed by atoms with Gasteiger partial charge in [-0.3, -0.25) is 4.79 Å². The van der Waals surface area contributed by atoms with Crippen LogP contribution in [0.2, 0.25) is 0 Å². The highest BCUT2D eigenvalue weighted by Gasteiger charge is 2.59. The summed E-state index contributed by atoms with van der Waals surface area (Å²) in [5.41, 5.74) is 10.4. The van der Waals surface area contributed by atoms with Crippen LogP contribution in [0.4, 0.5) is 17.1 Å². The van der Waals surface area contributed by atoms with Crippen LogP contribution < -0.4 is 5.73 Å². The lowest BCUT2D eigenvalue weighted by atomic mass is 9.47. The lowest BCUT2D eigenvalue weighted by molar-refractivity contribution is -0.0573. The summed E-state index contributed by atoms with van der Waals surface area (Å²) in [5, 5.41) is 18.3. The summed E-state index contributed by atoms with van der Waals surface area (Å²) >= 11 is 0. The van der Waals surface area contributed by atoms with Crippen LogP contribution >= 0.6 is 0 Å². The van der Waals surface area contributed by atoms with E-state index in [9.17, 15) is 9.90 Å². The van der Waals surface area contributed by atoms with Gasteiger partial charge >= 0.3 is 0 Å². The number of hydrogen-bond acceptors (Lipinski definition) is 5. The van der Waals surface area contributed by atoms with Gasteiger partial charge in [-0.05, 0) is 128 Å². The molecule has 0 bridgehead atoms. The van der Waals surface area contributed by atoms with Gasteiger partial charge < -0.3 is 10.8 Å². The van der Waals surface area contributed by atoms with Crippen LogP contribution in [-0.4, -0.2) is 17.5 Å². The number of aliphatic hydroxyl groups is 1. The molecule has 3 saturated carbocycles. The Hall–Kier alpha value is -2.79. The van der Waals surface area contributed by atoms with Crippen LogP contribution in [0, 0.1) is 46.3 Å². The molecule has 5 heteroatoms. The highest BCUT2D eigenvalue weighted by atomic mass is 16.3. The van der Waals surface area contributed by atoms with Crippen LogP contribution in [0.25, 0.3) is 0 Å². The summed E-state index contributed by atoms with van der Waals surface area (Å²) < 4.78 is 0. The molecule has 2 aromatic carbocycles. The maximum Gasteiger partial charge on any atom is 0.152 e. The molecule has 4 aliphatic rings. The Labute approximate surface area is 272 Å². The first-order valence-electron chi connectivity index (χ1n) is 17.7. The van der Waals surface area contributed by atoms with Crippen LogP contribution in [0.15, 0.2) is 70.4 Å². The second-order valence-electron chi connectivity index (χ2n) is 15.7. The van der Waals surface area contributed by atoms with Crippen LogP contribution in [-0.2, 0) is 0 Å². The normalized spacial score (nSPS) is 33.0. The van der Waals surface area contributed by atoms with E-state index in [0.717, 1.165) is 60.3 Å². The van der Waals surface area contributed by atoms with Gasteiger partial charge in [0.05, 0.1) is 17.5 Å². The van der Waals surface area contributed by atoms with Crippen LogP contribution in [0.5, 0.6) is 0 Å². The highest BCUT2D eigenvalue weighted by Crippen LogP contribution is 2.67. The van der Waals surface area contributed by atoms with Gasteiger partial charge in [-0.1, -0.05) is 83.7 Å². The molecule has 0 aromatic heterocycles. The van der Waals surface area contributed by atoms with E-state index in [1.807, 2.05) is 30.3 Å². The number of hydrogen-bond donors (Lipinski definition) is 2. The Balaban J connectivity index is 0.000000201. The fraction of sp³-hybridized carbons (Fsp3) is 0.625. The number of carbonyl (C=O) groups excluding carboxylic acids is 1. The zero-order chi connectivity index (χ0) is 32.2. The van der Waals surface area contributed by atoms with E-state index < -0.39 is 0 Å². The maximum atomic E-state index is 10.8. The molecule has 45 heavy (non-hydrogen) atoms. The van der Waals surface area contributed by atoms with Crippen LogP contribution in [0.1, 0.15) is 116 Å². The average Bonchev–Trinajstić information content (AvgIpc) is 3.38. The summed E-state index contributed by atoms with van der Waals surface area (Å²) in [5.74, 6) is 5.46. The lowest BCUT2D eigenvalue weighted by Crippen LogP contribution is -2.50. The lowest BCUT2D eigenvalue weighted by Gasteiger charge is -2.58. The van der Waals surface area contributed by atoms with Crippen molar-refractivity contribution in [1.82, 2.24) is 0 Å². The Kier molecular flexibility index (Phi) is 10.7. The molecule has 0 radical (unpaired) electrons. The number of nitrogen functional groups attached to an aromatic ring is 1. The SMILES string of the molecule is CC(C)CCCC(C)[C@H]1CC[C@H]2[C@@H]3CC=C4C[C@@H](O)CC[C@]4(C)[C@H]3CC[C@]12C.Nc1ccc(N=Nc2ccccc2)c(C=O)c1. The van der Waals surface area contributed by atoms with Gasteiger partial charge in [0.25, 0.3) is 0 Å². The fourth-order valence-corrected chi connectivity index (χ4v) is 10.0. The molecule has 2 aromatic rings. The van der Waals surface area contributed by atoms with E-state index in [-0.39, 0.29) is 6.10 Å². The Morgan fingerprint density at radius 3 is 2.47 bits per heavy atom. The molecule has 5 nitrogen and oxygen atoms in total. The first-order chi connectivity index (χ1) is 21.5. The van der Waals surface area contributed by atoms with Crippen molar-refractivity contribution in [1.29, 1.82) is 0 Å². The number of nitrogens with zero attached hydrogens (tertiary/aromatic N) is 2. The van der Waals surface area contributed by atoms with Gasteiger partial charge in [-0.15, -0.1) is 5.11 Å². The van der Waals surface area contributed by atoms with Gasteiger partial charge in [0, 0.05) is 11.3 Å². The summed E-state index contributed by atoms with van der Waals surface area (Å²) in [6, 6.07) is 14.3. The molecule has 244 valence electrons. The second-order valence-corrected chi connectivity index (χ2v) is 15.7. The van der Waals surface area contributed by atoms with E-state index in [4.69, 9.17) is 5.73 Å². The van der Waals surface area contributed by atoms with Crippen molar-refractivity contribution < 1.29 is 9.90 Å². The number of aldehydes is 1. The topological polar surface area (TPSA) is 88.0 Å². The number of rotatable bonds is 8. The summed E-state index contributed by atoms with van der Waals surface area (Å²) in [7, 11) is 0. The molecule has 6 rings (SSSR count). The van der Waals surface area contributed by atoms with E-state index in [0.29, 0.717) is 27.8 Å². The highest BCUT2D eigenvalue weighted by molar-refractivity contribution is 5.84. The molecular formula is C40H57N3O2. The van der Waals surface area contributed by atoms with Crippen molar-refractivity contribution in [2.45, 2.75) is 111 Å². The summed E-state index contributed by atoms with van der Waals surface area (Å²) in [6.07, 6.45) is 17.9.